The van der Waals surface area contributed by atoms with Crippen molar-refractivity contribution in [2.75, 3.05) is 13.2 Å². The molecular weight excluding hydrogens is 853 g/mol. The van der Waals surface area contributed by atoms with Crippen LogP contribution in [0.5, 0.6) is 0 Å². The third kappa shape index (κ3) is 55.4. The van der Waals surface area contributed by atoms with Gasteiger partial charge >= 0.3 is 17.9 Å². The van der Waals surface area contributed by atoms with Gasteiger partial charge in [-0.3, -0.25) is 14.4 Å². The first kappa shape index (κ1) is 65.6. The van der Waals surface area contributed by atoms with E-state index in [1.165, 1.54) is 109 Å². The normalized spacial score (nSPS) is 12.7. The van der Waals surface area contributed by atoms with Crippen molar-refractivity contribution < 1.29 is 28.6 Å². The molecule has 0 aromatic heterocycles. The summed E-state index contributed by atoms with van der Waals surface area (Å²) in [5.41, 5.74) is 0. The van der Waals surface area contributed by atoms with Crippen LogP contribution in [-0.4, -0.2) is 37.2 Å². The fraction of sp³-hybridized carbons (Fsp3) is 0.730. The predicted molar refractivity (Wildman–Crippen MR) is 297 cm³/mol. The molecule has 1 unspecified atom stereocenters. The Morgan fingerprint density at radius 2 is 0.565 bits per heavy atom. The van der Waals surface area contributed by atoms with Gasteiger partial charge in [0, 0.05) is 19.3 Å². The maximum absolute atomic E-state index is 12.8. The zero-order valence-corrected chi connectivity index (χ0v) is 45.3. The number of ether oxygens (including phenoxy) is 3. The van der Waals surface area contributed by atoms with Gasteiger partial charge in [-0.1, -0.05) is 254 Å². The van der Waals surface area contributed by atoms with E-state index in [1.807, 2.05) is 0 Å². The second-order valence-corrected chi connectivity index (χ2v) is 19.1. The van der Waals surface area contributed by atoms with Crippen LogP contribution in [0.3, 0.4) is 0 Å². The van der Waals surface area contributed by atoms with Crippen molar-refractivity contribution in [1.82, 2.24) is 0 Å². The van der Waals surface area contributed by atoms with Gasteiger partial charge in [0.2, 0.25) is 0 Å². The molecule has 0 bridgehead atoms. The molecule has 69 heavy (non-hydrogen) atoms. The van der Waals surface area contributed by atoms with Crippen molar-refractivity contribution in [2.24, 2.45) is 0 Å². The van der Waals surface area contributed by atoms with Crippen LogP contribution in [-0.2, 0) is 28.6 Å². The van der Waals surface area contributed by atoms with Crippen molar-refractivity contribution >= 4 is 17.9 Å². The quantitative estimate of drug-likeness (QED) is 0.0262. The molecule has 0 spiro atoms. The Balaban J connectivity index is 4.38. The second-order valence-electron chi connectivity index (χ2n) is 19.1. The van der Waals surface area contributed by atoms with Crippen LogP contribution in [0.4, 0.5) is 0 Å². The Kier molecular flexibility index (Phi) is 54.3. The second kappa shape index (κ2) is 57.2. The summed E-state index contributed by atoms with van der Waals surface area (Å²) >= 11 is 0. The molecular formula is C63H108O6. The molecule has 0 amide bonds. The Labute approximate surface area is 426 Å². The van der Waals surface area contributed by atoms with Crippen LogP contribution in [0, 0.1) is 0 Å². The highest BCUT2D eigenvalue weighted by molar-refractivity contribution is 5.71. The van der Waals surface area contributed by atoms with Gasteiger partial charge in [-0.15, -0.1) is 0 Å². The van der Waals surface area contributed by atoms with Gasteiger partial charge in [-0.25, -0.2) is 0 Å². The van der Waals surface area contributed by atoms with Crippen molar-refractivity contribution in [3.63, 3.8) is 0 Å². The molecule has 6 heteroatoms. The Bertz CT molecular complexity index is 1330. The van der Waals surface area contributed by atoms with Crippen molar-refractivity contribution in [1.29, 1.82) is 0 Å². The van der Waals surface area contributed by atoms with Gasteiger partial charge in [0.1, 0.15) is 13.2 Å². The van der Waals surface area contributed by atoms with Crippen LogP contribution in [0.15, 0.2) is 85.1 Å². The van der Waals surface area contributed by atoms with Crippen molar-refractivity contribution in [3.05, 3.63) is 85.1 Å². The monoisotopic (exact) mass is 961 g/mol. The van der Waals surface area contributed by atoms with Gasteiger partial charge in [0.05, 0.1) is 0 Å². The van der Waals surface area contributed by atoms with E-state index in [-0.39, 0.29) is 31.1 Å². The average molecular weight is 962 g/mol. The summed E-state index contributed by atoms with van der Waals surface area (Å²) in [6, 6.07) is 0. The highest BCUT2D eigenvalue weighted by Gasteiger charge is 2.19. The lowest BCUT2D eigenvalue weighted by Gasteiger charge is -2.18. The summed E-state index contributed by atoms with van der Waals surface area (Å²) in [6.45, 7) is 6.42. The maximum atomic E-state index is 12.8. The average Bonchev–Trinajstić information content (AvgIpc) is 3.35. The number of unbranched alkanes of at least 4 members (excludes halogenated alkanes) is 27. The number of allylic oxidation sites excluding steroid dienone is 14. The minimum Gasteiger partial charge on any atom is -0.462 e. The Morgan fingerprint density at radius 1 is 0.304 bits per heavy atom. The third-order valence-corrected chi connectivity index (χ3v) is 12.4. The smallest absolute Gasteiger partial charge is 0.306 e. The van der Waals surface area contributed by atoms with Gasteiger partial charge < -0.3 is 14.2 Å². The van der Waals surface area contributed by atoms with E-state index in [1.54, 1.807) is 0 Å². The maximum Gasteiger partial charge on any atom is 0.306 e. The van der Waals surface area contributed by atoms with Gasteiger partial charge in [0.15, 0.2) is 6.10 Å². The molecule has 0 rings (SSSR count). The van der Waals surface area contributed by atoms with Gasteiger partial charge in [0.25, 0.3) is 0 Å². The summed E-state index contributed by atoms with van der Waals surface area (Å²) in [5, 5.41) is 0. The topological polar surface area (TPSA) is 78.9 Å². The van der Waals surface area contributed by atoms with Crippen LogP contribution < -0.4 is 0 Å². The highest BCUT2D eigenvalue weighted by Crippen LogP contribution is 2.16. The lowest BCUT2D eigenvalue weighted by atomic mass is 10.0. The largest absolute Gasteiger partial charge is 0.462 e. The van der Waals surface area contributed by atoms with Crippen LogP contribution in [0.1, 0.15) is 278 Å². The molecule has 0 aliphatic heterocycles. The van der Waals surface area contributed by atoms with E-state index in [9.17, 15) is 14.4 Å². The van der Waals surface area contributed by atoms with E-state index >= 15 is 0 Å². The van der Waals surface area contributed by atoms with Crippen LogP contribution in [0.2, 0.25) is 0 Å². The summed E-state index contributed by atoms with van der Waals surface area (Å²) < 4.78 is 16.9. The third-order valence-electron chi connectivity index (χ3n) is 12.4. The Hall–Kier alpha value is -3.41. The summed E-state index contributed by atoms with van der Waals surface area (Å²) in [7, 11) is 0. The lowest BCUT2D eigenvalue weighted by Crippen LogP contribution is -2.30. The molecule has 6 nitrogen and oxygen atoms in total. The zero-order chi connectivity index (χ0) is 50.0. The molecule has 0 saturated heterocycles. The van der Waals surface area contributed by atoms with E-state index < -0.39 is 6.10 Å². The molecule has 1 atom stereocenters. The fourth-order valence-electron chi connectivity index (χ4n) is 8.10. The summed E-state index contributed by atoms with van der Waals surface area (Å²) in [6.07, 6.45) is 74.3. The Morgan fingerprint density at radius 3 is 0.884 bits per heavy atom. The van der Waals surface area contributed by atoms with Crippen LogP contribution >= 0.6 is 0 Å². The first-order valence-corrected chi connectivity index (χ1v) is 29.1. The van der Waals surface area contributed by atoms with E-state index in [0.717, 1.165) is 128 Å². The summed E-state index contributed by atoms with van der Waals surface area (Å²) in [5.74, 6) is -0.901. The molecule has 0 aliphatic rings. The van der Waals surface area contributed by atoms with E-state index in [4.69, 9.17) is 14.2 Å². The van der Waals surface area contributed by atoms with Crippen molar-refractivity contribution in [2.45, 2.75) is 284 Å². The zero-order valence-electron chi connectivity index (χ0n) is 45.3. The highest BCUT2D eigenvalue weighted by atomic mass is 16.6. The first-order valence-electron chi connectivity index (χ1n) is 29.1. The molecule has 0 aromatic carbocycles. The molecule has 0 N–H and O–H groups in total. The summed E-state index contributed by atoms with van der Waals surface area (Å²) in [4.78, 5) is 38.2. The van der Waals surface area contributed by atoms with E-state index in [0.29, 0.717) is 19.3 Å². The lowest BCUT2D eigenvalue weighted by molar-refractivity contribution is -0.167. The molecule has 0 saturated carbocycles. The van der Waals surface area contributed by atoms with Crippen LogP contribution in [0.25, 0.3) is 0 Å². The molecule has 0 fully saturated rings. The molecule has 0 heterocycles. The SMILES string of the molecule is CC/C=C\C/C=C\C/C=C\C/C=C\CCCCCCCCCCC(=O)OCC(COC(=O)CCCCCCCCCCCCCCCCC)OC(=O)CCCCCCC/C=C\C/C=C\C/C=C\CC. The molecule has 0 aliphatic carbocycles. The van der Waals surface area contributed by atoms with E-state index in [2.05, 4.69) is 106 Å². The van der Waals surface area contributed by atoms with Gasteiger partial charge in [-0.2, -0.15) is 0 Å². The van der Waals surface area contributed by atoms with Gasteiger partial charge in [-0.05, 0) is 89.9 Å². The number of hydrogen-bond acceptors (Lipinski definition) is 6. The minimum atomic E-state index is -0.788. The number of hydrogen-bond donors (Lipinski definition) is 0. The van der Waals surface area contributed by atoms with Crippen molar-refractivity contribution in [3.8, 4) is 0 Å². The number of rotatable bonds is 52. The predicted octanol–water partition coefficient (Wildman–Crippen LogP) is 19.5. The number of carbonyl (C=O) groups is 3. The molecule has 0 aromatic rings. The minimum absolute atomic E-state index is 0.0841. The molecule has 0 radical (unpaired) electrons. The fourth-order valence-corrected chi connectivity index (χ4v) is 8.10. The standard InChI is InChI=1S/C63H108O6/c1-4-7-10-13-16-19-22-25-28-29-30-31-32-33-36-38-41-44-47-50-53-56-62(65)68-59-60(69-63(66)57-54-51-48-45-42-39-35-27-24-21-18-15-12-9-6-3)58-67-61(64)55-52-49-46-43-40-37-34-26-23-20-17-14-11-8-5-2/h7,9-10,12,16,18-19,21,25,27-28,30-31,35,60H,4-6,8,11,13-15,17,20,22-24,26,29,32-34,36-59H2,1-3H3/b10-7-,12-9-,19-16-,21-18-,28-25-,31-30-,35-27-. The first-order chi connectivity index (χ1) is 34.0. The number of esters is 3. The number of carbonyl (C=O) groups excluding carboxylic acids is 3. The molecule has 396 valence electrons.